The zero-order valence-electron chi connectivity index (χ0n) is 27.8. The third-order valence-corrected chi connectivity index (χ3v) is 10.6. The number of hydrogen-bond donors (Lipinski definition) is 1. The van der Waals surface area contributed by atoms with Crippen molar-refractivity contribution in [2.75, 3.05) is 36.4 Å². The smallest absolute Gasteiger partial charge is 0.410 e. The molecule has 2 aromatic heterocycles. The fourth-order valence-electron chi connectivity index (χ4n) is 8.10. The van der Waals surface area contributed by atoms with E-state index in [4.69, 9.17) is 19.4 Å². The van der Waals surface area contributed by atoms with Crippen LogP contribution in [0, 0.1) is 5.41 Å². The first-order valence-corrected chi connectivity index (χ1v) is 17.1. The minimum atomic E-state index is -0.563. The van der Waals surface area contributed by atoms with Gasteiger partial charge in [0, 0.05) is 68.0 Å². The number of anilines is 2. The van der Waals surface area contributed by atoms with Crippen molar-refractivity contribution in [3.8, 4) is 0 Å². The molecule has 1 N–H and O–H groups in total. The molecule has 46 heavy (non-hydrogen) atoms. The van der Waals surface area contributed by atoms with Crippen LogP contribution < -0.4 is 10.2 Å². The Morgan fingerprint density at radius 2 is 1.72 bits per heavy atom. The van der Waals surface area contributed by atoms with E-state index in [0.717, 1.165) is 62.8 Å². The van der Waals surface area contributed by atoms with Gasteiger partial charge >= 0.3 is 12.2 Å². The summed E-state index contributed by atoms with van der Waals surface area (Å²) in [5.41, 5.74) is 1.54. The summed E-state index contributed by atoms with van der Waals surface area (Å²) in [6.45, 7) is 12.5. The molecule has 13 heteroatoms. The molecule has 2 amide bonds. The van der Waals surface area contributed by atoms with Crippen molar-refractivity contribution in [3.63, 3.8) is 0 Å². The summed E-state index contributed by atoms with van der Waals surface area (Å²) in [7, 11) is 0. The molecule has 7 rings (SSSR count). The fourth-order valence-corrected chi connectivity index (χ4v) is 8.10. The molecule has 3 atom stereocenters. The van der Waals surface area contributed by atoms with E-state index in [2.05, 4.69) is 29.2 Å². The predicted octanol–water partition coefficient (Wildman–Crippen LogP) is 4.75. The maximum atomic E-state index is 13.4. The van der Waals surface area contributed by atoms with E-state index in [9.17, 15) is 14.4 Å². The van der Waals surface area contributed by atoms with Gasteiger partial charge in [-0.25, -0.2) is 9.59 Å². The Kier molecular flexibility index (Phi) is 7.78. The van der Waals surface area contributed by atoms with Crippen LogP contribution in [-0.4, -0.2) is 103 Å². The molecule has 1 spiro atoms. The van der Waals surface area contributed by atoms with Crippen molar-refractivity contribution in [2.24, 2.45) is 5.41 Å². The summed E-state index contributed by atoms with van der Waals surface area (Å²) in [5, 5.41) is 8.39. The van der Waals surface area contributed by atoms with Crippen LogP contribution in [-0.2, 0) is 14.3 Å². The molecule has 250 valence electrons. The highest BCUT2D eigenvalue weighted by Gasteiger charge is 2.47. The van der Waals surface area contributed by atoms with Gasteiger partial charge in [-0.05, 0) is 65.2 Å². The second-order valence-corrected chi connectivity index (χ2v) is 15.6. The lowest BCUT2D eigenvalue weighted by Gasteiger charge is -2.52. The van der Waals surface area contributed by atoms with Gasteiger partial charge in [0.15, 0.2) is 5.65 Å². The van der Waals surface area contributed by atoms with Gasteiger partial charge in [-0.3, -0.25) is 4.79 Å². The van der Waals surface area contributed by atoms with Crippen LogP contribution in [0.2, 0.25) is 0 Å². The molecule has 4 saturated heterocycles. The Hall–Kier alpha value is -3.64. The zero-order valence-corrected chi connectivity index (χ0v) is 27.8. The molecule has 5 fully saturated rings. The molecule has 6 heterocycles. The number of piperidine rings is 1. The third-order valence-electron chi connectivity index (χ3n) is 10.6. The zero-order chi connectivity index (χ0) is 32.4. The number of carbonyl (C=O) groups excluding carboxylic acids is 3. The maximum Gasteiger partial charge on any atom is 0.410 e. The van der Waals surface area contributed by atoms with Crippen molar-refractivity contribution in [1.82, 2.24) is 29.4 Å². The van der Waals surface area contributed by atoms with Gasteiger partial charge in [0.05, 0.1) is 12.7 Å². The van der Waals surface area contributed by atoms with Gasteiger partial charge in [0.1, 0.15) is 17.5 Å². The van der Waals surface area contributed by atoms with Crippen molar-refractivity contribution in [2.45, 2.75) is 128 Å². The van der Waals surface area contributed by atoms with Crippen LogP contribution >= 0.6 is 0 Å². The Balaban J connectivity index is 1.01. The summed E-state index contributed by atoms with van der Waals surface area (Å²) in [5.74, 6) is 2.04. The Bertz CT molecular complexity index is 1490. The van der Waals surface area contributed by atoms with Crippen LogP contribution in [0.4, 0.5) is 21.5 Å². The van der Waals surface area contributed by atoms with E-state index in [1.807, 2.05) is 36.4 Å². The number of ketones is 1. The molecule has 1 saturated carbocycles. The molecular weight excluding hydrogens is 588 g/mol. The van der Waals surface area contributed by atoms with Crippen molar-refractivity contribution in [1.29, 1.82) is 0 Å². The number of carbonyl (C=O) groups is 3. The summed E-state index contributed by atoms with van der Waals surface area (Å²) < 4.78 is 13.3. The van der Waals surface area contributed by atoms with Crippen molar-refractivity contribution in [3.05, 3.63) is 11.8 Å². The summed E-state index contributed by atoms with van der Waals surface area (Å²) in [6, 6.07) is 0.287. The predicted molar refractivity (Wildman–Crippen MR) is 171 cm³/mol. The number of fused-ring (bicyclic) bond motifs is 3. The quantitative estimate of drug-likeness (QED) is 0.490. The Morgan fingerprint density at radius 3 is 2.37 bits per heavy atom. The summed E-state index contributed by atoms with van der Waals surface area (Å²) in [6.07, 6.45) is 8.26. The molecule has 4 aliphatic heterocycles. The molecule has 2 aromatic rings. The van der Waals surface area contributed by atoms with Gasteiger partial charge in [-0.15, -0.1) is 0 Å². The minimum absolute atomic E-state index is 0.0806. The van der Waals surface area contributed by atoms with Crippen LogP contribution in [0.1, 0.15) is 104 Å². The lowest BCUT2D eigenvalue weighted by Crippen LogP contribution is -2.58. The van der Waals surface area contributed by atoms with Gasteiger partial charge in [-0.2, -0.15) is 19.6 Å². The van der Waals surface area contributed by atoms with Gasteiger partial charge in [0.25, 0.3) is 0 Å². The molecule has 0 aromatic carbocycles. The maximum absolute atomic E-state index is 13.4. The highest BCUT2D eigenvalue weighted by atomic mass is 16.6. The first kappa shape index (κ1) is 31.0. The standard InChI is InChI=1S/C33H48N8O5/c1-20(2)26-16-34-41-27(26)36-28(39-18-33(19-39)11-8-24(42)9-12-33)37-29(41)35-21-14-22-6-7-23(15-21)40(22)31(44)45-25-10-13-38(17-25)30(43)46-32(3,4)5/h16,20-23,25H,6-15,17-19H2,1-5H3,(H,35,36,37). The van der Waals surface area contributed by atoms with Crippen molar-refractivity contribution < 1.29 is 23.9 Å². The highest BCUT2D eigenvalue weighted by molar-refractivity contribution is 5.79. The molecule has 3 unspecified atom stereocenters. The molecule has 13 nitrogen and oxygen atoms in total. The van der Waals surface area contributed by atoms with Gasteiger partial charge < -0.3 is 29.5 Å². The average molecular weight is 637 g/mol. The molecule has 2 bridgehead atoms. The van der Waals surface area contributed by atoms with E-state index in [-0.39, 0.29) is 47.7 Å². The molecule has 1 aliphatic carbocycles. The second kappa shape index (κ2) is 11.6. The molecule has 5 aliphatic rings. The lowest BCUT2D eigenvalue weighted by molar-refractivity contribution is -0.122. The number of aromatic nitrogens is 4. The summed E-state index contributed by atoms with van der Waals surface area (Å²) in [4.78, 5) is 53.6. The normalized spacial score (nSPS) is 27.4. The fraction of sp³-hybridized carbons (Fsp3) is 0.758. The first-order chi connectivity index (χ1) is 21.9. The van der Waals surface area contributed by atoms with E-state index < -0.39 is 5.60 Å². The number of nitrogens with zero attached hydrogens (tertiary/aromatic N) is 7. The number of likely N-dealkylation sites (tertiary alicyclic amines) is 1. The largest absolute Gasteiger partial charge is 0.444 e. The van der Waals surface area contributed by atoms with Crippen LogP contribution in [0.25, 0.3) is 5.65 Å². The number of Topliss-reactive ketones (excluding diaryl/α,β-unsaturated/α-hetero) is 1. The van der Waals surface area contributed by atoms with E-state index in [1.54, 1.807) is 4.90 Å². The first-order valence-electron chi connectivity index (χ1n) is 17.1. The van der Waals surface area contributed by atoms with E-state index in [0.29, 0.717) is 50.0 Å². The molecule has 0 radical (unpaired) electrons. The molecular formula is C33H48N8O5. The Labute approximate surface area is 270 Å². The monoisotopic (exact) mass is 636 g/mol. The minimum Gasteiger partial charge on any atom is -0.444 e. The number of ether oxygens (including phenoxy) is 2. The van der Waals surface area contributed by atoms with Crippen LogP contribution in [0.15, 0.2) is 6.20 Å². The average Bonchev–Trinajstić information content (AvgIpc) is 3.68. The SMILES string of the molecule is CC(C)c1cnn2c(NC3CC4CCC(C3)N4C(=O)OC3CCN(C(=O)OC(C)(C)C)C3)nc(N3CC4(CCC(=O)CC4)C3)nc12. The number of amides is 2. The third kappa shape index (κ3) is 5.97. The number of hydrogen-bond acceptors (Lipinski definition) is 10. The second-order valence-electron chi connectivity index (χ2n) is 15.6. The summed E-state index contributed by atoms with van der Waals surface area (Å²) >= 11 is 0. The van der Waals surface area contributed by atoms with E-state index in [1.165, 1.54) is 0 Å². The van der Waals surface area contributed by atoms with E-state index >= 15 is 0 Å². The number of rotatable bonds is 5. The van der Waals surface area contributed by atoms with Crippen LogP contribution in [0.3, 0.4) is 0 Å². The highest BCUT2D eigenvalue weighted by Crippen LogP contribution is 2.44. The lowest BCUT2D eigenvalue weighted by atomic mass is 9.68. The topological polar surface area (TPSA) is 134 Å². The Morgan fingerprint density at radius 1 is 1.02 bits per heavy atom. The number of nitrogens with one attached hydrogen (secondary N) is 1. The van der Waals surface area contributed by atoms with Gasteiger partial charge in [0.2, 0.25) is 11.9 Å². The van der Waals surface area contributed by atoms with Gasteiger partial charge in [-0.1, -0.05) is 13.8 Å². The van der Waals surface area contributed by atoms with Crippen LogP contribution in [0.5, 0.6) is 0 Å². The van der Waals surface area contributed by atoms with Crippen molar-refractivity contribution >= 4 is 35.5 Å².